The summed E-state index contributed by atoms with van der Waals surface area (Å²) in [6.07, 6.45) is 1.62. The molecule has 1 aromatic heterocycles. The molecule has 1 unspecified atom stereocenters. The summed E-state index contributed by atoms with van der Waals surface area (Å²) in [5, 5.41) is 9.10. The zero-order chi connectivity index (χ0) is 14.8. The van der Waals surface area contributed by atoms with Crippen LogP contribution in [0.1, 0.15) is 12.8 Å². The fraction of sp³-hybridized carbons (Fsp3) is 0.467. The molecule has 0 amide bonds. The maximum absolute atomic E-state index is 11.9. The first-order chi connectivity index (χ1) is 10.1. The molecule has 112 valence electrons. The molecule has 1 aliphatic heterocycles. The summed E-state index contributed by atoms with van der Waals surface area (Å²) in [5.41, 5.74) is 1.37. The molecule has 21 heavy (non-hydrogen) atoms. The molecular formula is C15H18N2O4. The minimum absolute atomic E-state index is 0.295. The Hall–Kier alpha value is -2.08. The van der Waals surface area contributed by atoms with Crippen LogP contribution in [0.3, 0.4) is 0 Å². The average Bonchev–Trinajstić information content (AvgIpc) is 2.81. The van der Waals surface area contributed by atoms with Gasteiger partial charge in [-0.1, -0.05) is 12.1 Å². The van der Waals surface area contributed by atoms with Crippen molar-refractivity contribution in [2.24, 2.45) is 5.92 Å². The number of carboxylic acid groups (broad SMARTS) is 1. The van der Waals surface area contributed by atoms with E-state index in [0.717, 1.165) is 24.9 Å². The van der Waals surface area contributed by atoms with E-state index < -0.39 is 5.97 Å². The van der Waals surface area contributed by atoms with Crippen molar-refractivity contribution in [2.75, 3.05) is 19.6 Å². The number of hydrogen-bond acceptors (Lipinski definition) is 4. The largest absolute Gasteiger partial charge is 0.481 e. The summed E-state index contributed by atoms with van der Waals surface area (Å²) in [5.74, 6) is -1.38. The molecule has 2 heterocycles. The molecule has 6 heteroatoms. The lowest BCUT2D eigenvalue weighted by molar-refractivity contribution is -0.143. The van der Waals surface area contributed by atoms with E-state index in [9.17, 15) is 9.59 Å². The highest BCUT2D eigenvalue weighted by molar-refractivity contribution is 5.72. The SMILES string of the molecule is O=C(O)C1CCCN(CCn2c(=O)oc3ccccc32)C1. The third-order valence-electron chi connectivity index (χ3n) is 4.07. The smallest absolute Gasteiger partial charge is 0.419 e. The number of piperidine rings is 1. The summed E-state index contributed by atoms with van der Waals surface area (Å²) >= 11 is 0. The number of carboxylic acids is 1. The lowest BCUT2D eigenvalue weighted by atomic mass is 9.98. The second kappa shape index (κ2) is 5.73. The number of nitrogens with zero attached hydrogens (tertiary/aromatic N) is 2. The van der Waals surface area contributed by atoms with E-state index in [2.05, 4.69) is 4.90 Å². The number of hydrogen-bond donors (Lipinski definition) is 1. The van der Waals surface area contributed by atoms with Crippen LogP contribution >= 0.6 is 0 Å². The Balaban J connectivity index is 1.70. The standard InChI is InChI=1S/C15H18N2O4/c18-14(19)11-4-3-7-16(10-11)8-9-17-12-5-1-2-6-13(12)21-15(17)20/h1-2,5-6,11H,3-4,7-10H2,(H,18,19). The van der Waals surface area contributed by atoms with Crippen molar-refractivity contribution in [3.8, 4) is 0 Å². The van der Waals surface area contributed by atoms with Gasteiger partial charge in [-0.2, -0.15) is 0 Å². The maximum Gasteiger partial charge on any atom is 0.419 e. The van der Waals surface area contributed by atoms with Crippen LogP contribution in [0.25, 0.3) is 11.1 Å². The predicted molar refractivity (Wildman–Crippen MR) is 77.3 cm³/mol. The van der Waals surface area contributed by atoms with Gasteiger partial charge in [0.05, 0.1) is 11.4 Å². The van der Waals surface area contributed by atoms with Crippen LogP contribution in [-0.2, 0) is 11.3 Å². The Morgan fingerprint density at radius 1 is 1.33 bits per heavy atom. The Labute approximate surface area is 121 Å². The van der Waals surface area contributed by atoms with E-state index in [4.69, 9.17) is 9.52 Å². The van der Waals surface area contributed by atoms with Gasteiger partial charge < -0.3 is 14.4 Å². The molecule has 1 aromatic carbocycles. The molecule has 0 spiro atoms. The van der Waals surface area contributed by atoms with Gasteiger partial charge >= 0.3 is 11.7 Å². The zero-order valence-corrected chi connectivity index (χ0v) is 11.7. The van der Waals surface area contributed by atoms with Crippen molar-refractivity contribution >= 4 is 17.1 Å². The van der Waals surface area contributed by atoms with Gasteiger partial charge in [0.2, 0.25) is 0 Å². The number of likely N-dealkylation sites (tertiary alicyclic amines) is 1. The Bertz CT molecular complexity index is 703. The number of para-hydroxylation sites is 2. The van der Waals surface area contributed by atoms with Gasteiger partial charge in [-0.3, -0.25) is 9.36 Å². The Kier molecular flexibility index (Phi) is 3.79. The van der Waals surface area contributed by atoms with Crippen molar-refractivity contribution in [1.29, 1.82) is 0 Å². The van der Waals surface area contributed by atoms with Crippen molar-refractivity contribution in [3.05, 3.63) is 34.8 Å². The van der Waals surface area contributed by atoms with E-state index in [1.807, 2.05) is 18.2 Å². The van der Waals surface area contributed by atoms with Crippen LogP contribution in [0.4, 0.5) is 0 Å². The lowest BCUT2D eigenvalue weighted by Crippen LogP contribution is -2.40. The van der Waals surface area contributed by atoms with Gasteiger partial charge in [0, 0.05) is 19.6 Å². The van der Waals surface area contributed by atoms with Gasteiger partial charge in [-0.05, 0) is 31.5 Å². The molecule has 0 bridgehead atoms. The van der Waals surface area contributed by atoms with Gasteiger partial charge in [0.25, 0.3) is 0 Å². The molecule has 1 aliphatic rings. The highest BCUT2D eigenvalue weighted by Crippen LogP contribution is 2.17. The first kappa shape index (κ1) is 13.9. The first-order valence-electron chi connectivity index (χ1n) is 7.18. The highest BCUT2D eigenvalue weighted by Gasteiger charge is 2.25. The topological polar surface area (TPSA) is 75.7 Å². The maximum atomic E-state index is 11.9. The first-order valence-corrected chi connectivity index (χ1v) is 7.18. The summed E-state index contributed by atoms with van der Waals surface area (Å²) < 4.78 is 6.80. The van der Waals surface area contributed by atoms with E-state index in [1.54, 1.807) is 10.6 Å². The number of benzene rings is 1. The van der Waals surface area contributed by atoms with Crippen molar-refractivity contribution in [2.45, 2.75) is 19.4 Å². The van der Waals surface area contributed by atoms with E-state index in [0.29, 0.717) is 25.2 Å². The van der Waals surface area contributed by atoms with Crippen LogP contribution in [0.15, 0.2) is 33.5 Å². The van der Waals surface area contributed by atoms with Crippen LogP contribution in [0.2, 0.25) is 0 Å². The molecule has 1 saturated heterocycles. The van der Waals surface area contributed by atoms with Crippen molar-refractivity contribution < 1.29 is 14.3 Å². The Morgan fingerprint density at radius 3 is 2.95 bits per heavy atom. The highest BCUT2D eigenvalue weighted by atomic mass is 16.4. The second-order valence-corrected chi connectivity index (χ2v) is 5.47. The number of aliphatic carboxylic acids is 1. The molecule has 6 nitrogen and oxygen atoms in total. The molecule has 0 aliphatic carbocycles. The third-order valence-corrected chi connectivity index (χ3v) is 4.07. The predicted octanol–water partition coefficient (Wildman–Crippen LogP) is 1.39. The number of carbonyl (C=O) groups is 1. The number of oxazole rings is 1. The summed E-state index contributed by atoms with van der Waals surface area (Å²) in [6, 6.07) is 7.33. The molecule has 1 atom stereocenters. The second-order valence-electron chi connectivity index (χ2n) is 5.47. The van der Waals surface area contributed by atoms with Gasteiger partial charge in [0.1, 0.15) is 0 Å². The summed E-state index contributed by atoms with van der Waals surface area (Å²) in [6.45, 7) is 2.61. The molecular weight excluding hydrogens is 272 g/mol. The van der Waals surface area contributed by atoms with Gasteiger partial charge in [0.15, 0.2) is 5.58 Å². The van der Waals surface area contributed by atoms with Crippen molar-refractivity contribution in [3.63, 3.8) is 0 Å². The molecule has 1 fully saturated rings. The monoisotopic (exact) mass is 290 g/mol. The van der Waals surface area contributed by atoms with E-state index >= 15 is 0 Å². The number of aromatic nitrogens is 1. The molecule has 3 rings (SSSR count). The van der Waals surface area contributed by atoms with Crippen molar-refractivity contribution in [1.82, 2.24) is 9.47 Å². The lowest BCUT2D eigenvalue weighted by Gasteiger charge is -2.30. The molecule has 0 saturated carbocycles. The Morgan fingerprint density at radius 2 is 2.14 bits per heavy atom. The molecule has 2 aromatic rings. The number of fused-ring (bicyclic) bond motifs is 1. The summed E-state index contributed by atoms with van der Waals surface area (Å²) in [4.78, 5) is 25.0. The van der Waals surface area contributed by atoms with Gasteiger partial charge in [-0.15, -0.1) is 0 Å². The van der Waals surface area contributed by atoms with Crippen LogP contribution in [-0.4, -0.2) is 40.2 Å². The minimum Gasteiger partial charge on any atom is -0.481 e. The minimum atomic E-state index is -0.731. The third kappa shape index (κ3) is 2.85. The average molecular weight is 290 g/mol. The fourth-order valence-electron chi connectivity index (χ4n) is 2.93. The van der Waals surface area contributed by atoms with Crippen LogP contribution < -0.4 is 5.76 Å². The molecule has 0 radical (unpaired) electrons. The van der Waals surface area contributed by atoms with Gasteiger partial charge in [-0.25, -0.2) is 4.79 Å². The van der Waals surface area contributed by atoms with E-state index in [-0.39, 0.29) is 11.7 Å². The zero-order valence-electron chi connectivity index (χ0n) is 11.7. The van der Waals surface area contributed by atoms with E-state index in [1.165, 1.54) is 0 Å². The quantitative estimate of drug-likeness (QED) is 0.921. The summed E-state index contributed by atoms with van der Waals surface area (Å²) in [7, 11) is 0. The normalized spacial score (nSPS) is 19.9. The van der Waals surface area contributed by atoms with Crippen LogP contribution in [0, 0.1) is 5.92 Å². The number of rotatable bonds is 4. The van der Waals surface area contributed by atoms with Crippen LogP contribution in [0.5, 0.6) is 0 Å². The fourth-order valence-corrected chi connectivity index (χ4v) is 2.93. The molecule has 1 N–H and O–H groups in total.